The van der Waals surface area contributed by atoms with Crippen LogP contribution < -0.4 is 4.72 Å². The maximum Gasteiger partial charge on any atom is 0.232 e. The second kappa shape index (κ2) is 3.70. The van der Waals surface area contributed by atoms with E-state index in [-0.39, 0.29) is 5.75 Å². The quantitative estimate of drug-likeness (QED) is 0.844. The van der Waals surface area contributed by atoms with Gasteiger partial charge in [0.2, 0.25) is 10.0 Å². The van der Waals surface area contributed by atoms with Crippen molar-refractivity contribution in [2.45, 2.75) is 13.3 Å². The first-order valence-corrected chi connectivity index (χ1v) is 6.56. The molecule has 0 amide bonds. The number of allylic oxidation sites excluding steroid dienone is 1. The minimum Gasteiger partial charge on any atom is -0.283 e. The Bertz CT molecular complexity index is 503. The molecule has 4 heteroatoms. The van der Waals surface area contributed by atoms with Crippen molar-refractivity contribution in [2.24, 2.45) is 0 Å². The minimum absolute atomic E-state index is 0.104. The van der Waals surface area contributed by atoms with E-state index in [9.17, 15) is 8.42 Å². The zero-order valence-corrected chi connectivity index (χ0v) is 9.34. The van der Waals surface area contributed by atoms with Crippen molar-refractivity contribution >= 4 is 15.7 Å². The molecule has 0 heterocycles. The molecule has 0 bridgehead atoms. The first kappa shape index (κ1) is 10.2. The number of nitrogens with one attached hydrogen (secondary N) is 1. The van der Waals surface area contributed by atoms with Crippen LogP contribution in [-0.4, -0.2) is 14.2 Å². The topological polar surface area (TPSA) is 46.2 Å². The Kier molecular flexibility index (Phi) is 2.52. The van der Waals surface area contributed by atoms with Crippen LogP contribution in [0, 0.1) is 0 Å². The fraction of sp³-hybridized carbons (Fsp3) is 0.273. The van der Waals surface area contributed by atoms with Crippen molar-refractivity contribution in [2.75, 3.05) is 5.75 Å². The van der Waals surface area contributed by atoms with Gasteiger partial charge in [0, 0.05) is 5.56 Å². The van der Waals surface area contributed by atoms with Gasteiger partial charge in [-0.05, 0) is 18.9 Å². The summed E-state index contributed by atoms with van der Waals surface area (Å²) in [5, 5.41) is 0. The lowest BCUT2D eigenvalue weighted by Gasteiger charge is -2.08. The van der Waals surface area contributed by atoms with Gasteiger partial charge in [-0.3, -0.25) is 4.72 Å². The summed E-state index contributed by atoms with van der Waals surface area (Å²) in [6.07, 6.45) is 2.72. The number of fused-ring (bicyclic) bond motifs is 1. The maximum atomic E-state index is 11.4. The normalized spacial score (nSPS) is 14.6. The lowest BCUT2D eigenvalue weighted by Crippen LogP contribution is -2.23. The molecule has 1 aliphatic carbocycles. The summed E-state index contributed by atoms with van der Waals surface area (Å²) in [6, 6.07) is 7.83. The number of benzene rings is 1. The minimum atomic E-state index is -3.16. The van der Waals surface area contributed by atoms with E-state index in [4.69, 9.17) is 0 Å². The largest absolute Gasteiger partial charge is 0.283 e. The van der Waals surface area contributed by atoms with Crippen LogP contribution in [0.1, 0.15) is 18.1 Å². The van der Waals surface area contributed by atoms with Gasteiger partial charge in [0.25, 0.3) is 0 Å². The predicted molar refractivity (Wildman–Crippen MR) is 60.7 cm³/mol. The molecular formula is C11H13NO2S. The molecule has 15 heavy (non-hydrogen) atoms. The highest BCUT2D eigenvalue weighted by Gasteiger charge is 2.17. The molecule has 80 valence electrons. The molecular weight excluding hydrogens is 210 g/mol. The highest BCUT2D eigenvalue weighted by molar-refractivity contribution is 7.89. The van der Waals surface area contributed by atoms with Crippen molar-refractivity contribution in [3.63, 3.8) is 0 Å². The monoisotopic (exact) mass is 223 g/mol. The predicted octanol–water partition coefficient (Wildman–Crippen LogP) is 1.52. The van der Waals surface area contributed by atoms with Crippen LogP contribution in [0.4, 0.5) is 0 Å². The van der Waals surface area contributed by atoms with Gasteiger partial charge in [-0.1, -0.05) is 30.3 Å². The molecule has 1 aromatic rings. The smallest absolute Gasteiger partial charge is 0.232 e. The Balaban J connectivity index is 2.29. The second-order valence-corrected chi connectivity index (χ2v) is 5.50. The number of hydrogen-bond acceptors (Lipinski definition) is 2. The van der Waals surface area contributed by atoms with Gasteiger partial charge >= 0.3 is 0 Å². The van der Waals surface area contributed by atoms with Crippen LogP contribution in [-0.2, 0) is 16.4 Å². The van der Waals surface area contributed by atoms with Crippen molar-refractivity contribution in [3.8, 4) is 0 Å². The van der Waals surface area contributed by atoms with E-state index in [0.29, 0.717) is 5.70 Å². The highest BCUT2D eigenvalue weighted by Crippen LogP contribution is 2.25. The van der Waals surface area contributed by atoms with Gasteiger partial charge < -0.3 is 0 Å². The summed E-state index contributed by atoms with van der Waals surface area (Å²) in [7, 11) is -3.16. The maximum absolute atomic E-state index is 11.4. The van der Waals surface area contributed by atoms with Gasteiger partial charge in [-0.2, -0.15) is 0 Å². The van der Waals surface area contributed by atoms with Gasteiger partial charge in [0.05, 0.1) is 11.4 Å². The summed E-state index contributed by atoms with van der Waals surface area (Å²) >= 11 is 0. The summed E-state index contributed by atoms with van der Waals surface area (Å²) in [4.78, 5) is 0. The molecule has 0 radical (unpaired) electrons. The molecule has 0 saturated carbocycles. The molecule has 0 aromatic heterocycles. The van der Waals surface area contributed by atoms with Gasteiger partial charge in [0.15, 0.2) is 0 Å². The van der Waals surface area contributed by atoms with Crippen molar-refractivity contribution < 1.29 is 8.42 Å². The lowest BCUT2D eigenvalue weighted by atomic mass is 10.1. The Morgan fingerprint density at radius 2 is 2.07 bits per heavy atom. The second-order valence-electron chi connectivity index (χ2n) is 3.48. The number of sulfonamides is 1. The third-order valence-electron chi connectivity index (χ3n) is 2.48. The van der Waals surface area contributed by atoms with E-state index in [1.807, 2.05) is 30.3 Å². The molecule has 0 saturated heterocycles. The first-order valence-electron chi connectivity index (χ1n) is 4.91. The molecule has 0 spiro atoms. The fourth-order valence-corrected chi connectivity index (χ4v) is 2.29. The van der Waals surface area contributed by atoms with Crippen LogP contribution in [0.15, 0.2) is 30.3 Å². The van der Waals surface area contributed by atoms with Crippen LogP contribution in [0.25, 0.3) is 5.70 Å². The summed E-state index contributed by atoms with van der Waals surface area (Å²) < 4.78 is 25.4. The van der Waals surface area contributed by atoms with Gasteiger partial charge in [-0.25, -0.2) is 8.42 Å². The van der Waals surface area contributed by atoms with E-state index >= 15 is 0 Å². The molecule has 0 atom stereocenters. The highest BCUT2D eigenvalue weighted by atomic mass is 32.2. The standard InChI is InChI=1S/C11H13NO2S/c1-2-15(13,14)12-11-8-7-9-5-3-4-6-10(9)11/h3-6,8,12H,2,7H2,1H3. The molecule has 0 fully saturated rings. The van der Waals surface area contributed by atoms with Crippen LogP contribution in [0.2, 0.25) is 0 Å². The van der Waals surface area contributed by atoms with E-state index < -0.39 is 10.0 Å². The summed E-state index contributed by atoms with van der Waals surface area (Å²) in [6.45, 7) is 1.63. The van der Waals surface area contributed by atoms with E-state index in [2.05, 4.69) is 4.72 Å². The van der Waals surface area contributed by atoms with Crippen molar-refractivity contribution in [3.05, 3.63) is 41.5 Å². The Labute approximate surface area is 89.9 Å². The SMILES string of the molecule is CCS(=O)(=O)NC1=CCc2ccccc21. The number of rotatable bonds is 3. The van der Waals surface area contributed by atoms with Crippen molar-refractivity contribution in [1.82, 2.24) is 4.72 Å². The van der Waals surface area contributed by atoms with Crippen LogP contribution in [0.5, 0.6) is 0 Å². The Hall–Kier alpha value is -1.29. The van der Waals surface area contributed by atoms with Gasteiger partial charge in [-0.15, -0.1) is 0 Å². The third-order valence-corrected chi connectivity index (χ3v) is 3.77. The zero-order chi connectivity index (χ0) is 10.9. The molecule has 1 aliphatic rings. The Morgan fingerprint density at radius 3 is 2.80 bits per heavy atom. The fourth-order valence-electron chi connectivity index (χ4n) is 1.62. The Morgan fingerprint density at radius 1 is 1.33 bits per heavy atom. The molecule has 0 unspecified atom stereocenters. The van der Waals surface area contributed by atoms with Crippen LogP contribution >= 0.6 is 0 Å². The molecule has 1 aromatic carbocycles. The van der Waals surface area contributed by atoms with E-state index in [1.165, 1.54) is 5.56 Å². The first-order chi connectivity index (χ1) is 7.12. The van der Waals surface area contributed by atoms with E-state index in [0.717, 1.165) is 12.0 Å². The number of hydrogen-bond donors (Lipinski definition) is 1. The third kappa shape index (κ3) is 2.04. The zero-order valence-electron chi connectivity index (χ0n) is 8.53. The molecule has 1 N–H and O–H groups in total. The molecule has 0 aliphatic heterocycles. The van der Waals surface area contributed by atoms with E-state index in [1.54, 1.807) is 6.92 Å². The van der Waals surface area contributed by atoms with Crippen LogP contribution in [0.3, 0.4) is 0 Å². The molecule has 2 rings (SSSR count). The average Bonchev–Trinajstić information content (AvgIpc) is 2.62. The molecule has 3 nitrogen and oxygen atoms in total. The van der Waals surface area contributed by atoms with Crippen molar-refractivity contribution in [1.29, 1.82) is 0 Å². The average molecular weight is 223 g/mol. The van der Waals surface area contributed by atoms with Gasteiger partial charge in [0.1, 0.15) is 0 Å². The summed E-state index contributed by atoms with van der Waals surface area (Å²) in [5.41, 5.74) is 2.88. The summed E-state index contributed by atoms with van der Waals surface area (Å²) in [5.74, 6) is 0.104. The lowest BCUT2D eigenvalue weighted by molar-refractivity contribution is 0.593.